The summed E-state index contributed by atoms with van der Waals surface area (Å²) >= 11 is 3.01. The molecule has 7 heteroatoms. The Labute approximate surface area is 134 Å². The molecule has 0 radical (unpaired) electrons. The molecule has 0 unspecified atom stereocenters. The number of nitrogens with one attached hydrogen (secondary N) is 1. The van der Waals surface area contributed by atoms with Crippen molar-refractivity contribution in [2.24, 2.45) is 0 Å². The number of para-hydroxylation sites is 1. The van der Waals surface area contributed by atoms with Crippen molar-refractivity contribution < 1.29 is 14.3 Å². The average molecular weight is 330 g/mol. The third-order valence-corrected chi connectivity index (χ3v) is 4.79. The Hall–Kier alpha value is -2.38. The van der Waals surface area contributed by atoms with Gasteiger partial charge >= 0.3 is 0 Å². The molecule has 5 nitrogen and oxygen atoms in total. The molecule has 3 heterocycles. The first-order valence-corrected chi connectivity index (χ1v) is 8.26. The predicted molar refractivity (Wildman–Crippen MR) is 85.9 cm³/mol. The van der Waals surface area contributed by atoms with E-state index in [1.165, 1.54) is 11.3 Å². The number of anilines is 1. The van der Waals surface area contributed by atoms with E-state index in [2.05, 4.69) is 10.3 Å². The van der Waals surface area contributed by atoms with Gasteiger partial charge in [-0.05, 0) is 23.6 Å². The third-order valence-electron chi connectivity index (χ3n) is 3.14. The van der Waals surface area contributed by atoms with Gasteiger partial charge in [-0.25, -0.2) is 4.98 Å². The van der Waals surface area contributed by atoms with Gasteiger partial charge in [0.25, 0.3) is 5.91 Å². The highest BCUT2D eigenvalue weighted by atomic mass is 32.1. The average Bonchev–Trinajstić information content (AvgIpc) is 3.27. The van der Waals surface area contributed by atoms with Crippen LogP contribution in [0.4, 0.5) is 5.13 Å². The number of thiazole rings is 1. The van der Waals surface area contributed by atoms with Gasteiger partial charge in [-0.2, -0.15) is 0 Å². The second kappa shape index (κ2) is 5.43. The number of hydrogen-bond acceptors (Lipinski definition) is 6. The highest BCUT2D eigenvalue weighted by Crippen LogP contribution is 2.36. The van der Waals surface area contributed by atoms with Crippen LogP contribution in [0.3, 0.4) is 0 Å². The predicted octanol–water partition coefficient (Wildman–Crippen LogP) is 3.85. The molecule has 2 aromatic heterocycles. The fourth-order valence-corrected chi connectivity index (χ4v) is 3.61. The largest absolute Gasteiger partial charge is 0.454 e. The molecule has 4 rings (SSSR count). The normalized spacial score (nSPS) is 12.4. The highest BCUT2D eigenvalue weighted by molar-refractivity contribution is 7.16. The first kappa shape index (κ1) is 13.3. The van der Waals surface area contributed by atoms with E-state index < -0.39 is 0 Å². The fourth-order valence-electron chi connectivity index (χ4n) is 2.14. The molecule has 0 fully saturated rings. The molecule has 0 bridgehead atoms. The lowest BCUT2D eigenvalue weighted by atomic mass is 10.2. The smallest absolute Gasteiger partial charge is 0.261 e. The van der Waals surface area contributed by atoms with Crippen molar-refractivity contribution in [3.05, 3.63) is 46.7 Å². The maximum Gasteiger partial charge on any atom is 0.261 e. The zero-order chi connectivity index (χ0) is 14.9. The van der Waals surface area contributed by atoms with Crippen molar-refractivity contribution in [3.63, 3.8) is 0 Å². The number of benzene rings is 1. The van der Waals surface area contributed by atoms with E-state index in [9.17, 15) is 4.79 Å². The van der Waals surface area contributed by atoms with Crippen molar-refractivity contribution in [3.8, 4) is 22.1 Å². The van der Waals surface area contributed by atoms with E-state index in [1.54, 1.807) is 29.5 Å². The molecule has 22 heavy (non-hydrogen) atoms. The Morgan fingerprint density at radius 2 is 2.14 bits per heavy atom. The number of rotatable bonds is 3. The second-order valence-corrected chi connectivity index (χ2v) is 6.31. The molecule has 1 aromatic carbocycles. The van der Waals surface area contributed by atoms with Crippen molar-refractivity contribution >= 4 is 33.7 Å². The summed E-state index contributed by atoms with van der Waals surface area (Å²) in [6, 6.07) is 9.22. The van der Waals surface area contributed by atoms with Crippen molar-refractivity contribution in [1.29, 1.82) is 0 Å². The first-order chi connectivity index (χ1) is 10.8. The van der Waals surface area contributed by atoms with Gasteiger partial charge in [0.05, 0.1) is 16.1 Å². The summed E-state index contributed by atoms with van der Waals surface area (Å²) < 4.78 is 10.6. The lowest BCUT2D eigenvalue weighted by Gasteiger charge is -2.04. The number of carbonyl (C=O) groups is 1. The molecule has 1 amide bonds. The summed E-state index contributed by atoms with van der Waals surface area (Å²) in [6.07, 6.45) is 0. The Morgan fingerprint density at radius 3 is 3.00 bits per heavy atom. The summed E-state index contributed by atoms with van der Waals surface area (Å²) in [5.41, 5.74) is 1.32. The van der Waals surface area contributed by atoms with Crippen molar-refractivity contribution in [2.45, 2.75) is 0 Å². The SMILES string of the molecule is O=C(Nc1nc(-c2cccs2)cs1)c1cccc2c1OCO2. The summed E-state index contributed by atoms with van der Waals surface area (Å²) in [4.78, 5) is 17.9. The van der Waals surface area contributed by atoms with E-state index in [4.69, 9.17) is 9.47 Å². The molecule has 1 aliphatic heterocycles. The van der Waals surface area contributed by atoms with Gasteiger partial charge in [-0.1, -0.05) is 12.1 Å². The van der Waals surface area contributed by atoms with E-state index in [0.29, 0.717) is 22.2 Å². The number of ether oxygens (including phenoxy) is 2. The van der Waals surface area contributed by atoms with Gasteiger partial charge in [0.1, 0.15) is 0 Å². The minimum Gasteiger partial charge on any atom is -0.454 e. The molecular weight excluding hydrogens is 320 g/mol. The number of carbonyl (C=O) groups excluding carboxylic acids is 1. The number of aromatic nitrogens is 1. The van der Waals surface area contributed by atoms with E-state index in [0.717, 1.165) is 10.6 Å². The van der Waals surface area contributed by atoms with Crippen LogP contribution >= 0.6 is 22.7 Å². The molecular formula is C15H10N2O3S2. The summed E-state index contributed by atoms with van der Waals surface area (Å²) in [6.45, 7) is 0.138. The zero-order valence-electron chi connectivity index (χ0n) is 11.2. The van der Waals surface area contributed by atoms with Gasteiger partial charge in [0.2, 0.25) is 6.79 Å². The summed E-state index contributed by atoms with van der Waals surface area (Å²) in [5, 5.41) is 7.29. The maximum absolute atomic E-state index is 12.4. The lowest BCUT2D eigenvalue weighted by Crippen LogP contribution is -2.12. The first-order valence-electron chi connectivity index (χ1n) is 6.50. The number of amides is 1. The third kappa shape index (κ3) is 2.34. The van der Waals surface area contributed by atoms with Crippen LogP contribution in [0.15, 0.2) is 41.1 Å². The molecule has 1 N–H and O–H groups in total. The Kier molecular flexibility index (Phi) is 3.28. The van der Waals surface area contributed by atoms with Crippen LogP contribution in [0.1, 0.15) is 10.4 Å². The second-order valence-electron chi connectivity index (χ2n) is 4.51. The van der Waals surface area contributed by atoms with Crippen LogP contribution in [0.2, 0.25) is 0 Å². The van der Waals surface area contributed by atoms with E-state index in [1.807, 2.05) is 22.9 Å². The fraction of sp³-hybridized carbons (Fsp3) is 0.0667. The van der Waals surface area contributed by atoms with E-state index >= 15 is 0 Å². The molecule has 0 spiro atoms. The minimum absolute atomic E-state index is 0.138. The van der Waals surface area contributed by atoms with Gasteiger partial charge < -0.3 is 9.47 Å². The van der Waals surface area contributed by atoms with Gasteiger partial charge in [0, 0.05) is 5.38 Å². The highest BCUT2D eigenvalue weighted by Gasteiger charge is 2.22. The Balaban J connectivity index is 1.57. The number of thiophene rings is 1. The van der Waals surface area contributed by atoms with Crippen LogP contribution in [0.5, 0.6) is 11.5 Å². The summed E-state index contributed by atoms with van der Waals surface area (Å²) in [7, 11) is 0. The van der Waals surface area contributed by atoms with Gasteiger partial charge in [-0.15, -0.1) is 22.7 Å². The molecule has 0 aliphatic carbocycles. The van der Waals surface area contributed by atoms with E-state index in [-0.39, 0.29) is 12.7 Å². The standard InChI is InChI=1S/C15H10N2O3S2/c18-14(9-3-1-4-11-13(9)20-8-19-11)17-15-16-10(7-22-15)12-5-2-6-21-12/h1-7H,8H2,(H,16,17,18). The van der Waals surface area contributed by atoms with Crippen molar-refractivity contribution in [1.82, 2.24) is 4.98 Å². The maximum atomic E-state index is 12.4. The minimum atomic E-state index is -0.255. The zero-order valence-corrected chi connectivity index (χ0v) is 12.9. The summed E-state index contributed by atoms with van der Waals surface area (Å²) in [5.74, 6) is 0.815. The van der Waals surface area contributed by atoms with Crippen LogP contribution < -0.4 is 14.8 Å². The topological polar surface area (TPSA) is 60.5 Å². The molecule has 0 saturated heterocycles. The molecule has 0 saturated carbocycles. The molecule has 1 aliphatic rings. The number of nitrogens with zero attached hydrogens (tertiary/aromatic N) is 1. The van der Waals surface area contributed by atoms with Crippen LogP contribution in [0, 0.1) is 0 Å². The Bertz CT molecular complexity index is 827. The Morgan fingerprint density at radius 1 is 1.18 bits per heavy atom. The quantitative estimate of drug-likeness (QED) is 0.792. The van der Waals surface area contributed by atoms with Crippen LogP contribution in [-0.4, -0.2) is 17.7 Å². The van der Waals surface area contributed by atoms with Crippen LogP contribution in [-0.2, 0) is 0 Å². The number of hydrogen-bond donors (Lipinski definition) is 1. The molecule has 0 atom stereocenters. The molecule has 110 valence electrons. The van der Waals surface area contributed by atoms with Crippen LogP contribution in [0.25, 0.3) is 10.6 Å². The monoisotopic (exact) mass is 330 g/mol. The number of fused-ring (bicyclic) bond motifs is 1. The van der Waals surface area contributed by atoms with Gasteiger partial charge in [-0.3, -0.25) is 10.1 Å². The lowest BCUT2D eigenvalue weighted by molar-refractivity contribution is 0.102. The van der Waals surface area contributed by atoms with Gasteiger partial charge in [0.15, 0.2) is 16.6 Å². The molecule has 3 aromatic rings. The van der Waals surface area contributed by atoms with Crippen molar-refractivity contribution in [2.75, 3.05) is 12.1 Å².